The van der Waals surface area contributed by atoms with Crippen molar-refractivity contribution in [3.05, 3.63) is 41.1 Å². The van der Waals surface area contributed by atoms with E-state index in [2.05, 4.69) is 5.16 Å². The quantitative estimate of drug-likeness (QED) is 0.876. The minimum atomic E-state index is -1.08. The number of nitrogens with zero attached hydrogens (tertiary/aromatic N) is 2. The Morgan fingerprint density at radius 2 is 2.24 bits per heavy atom. The zero-order valence-electron chi connectivity index (χ0n) is 13.6. The number of carboxylic acids is 1. The Bertz CT molecular complexity index is 806. The van der Waals surface area contributed by atoms with Gasteiger partial charge in [-0.05, 0) is 18.6 Å². The normalized spacial score (nSPS) is 20.0. The van der Waals surface area contributed by atoms with Crippen LogP contribution >= 0.6 is 11.6 Å². The van der Waals surface area contributed by atoms with Crippen LogP contribution in [0.2, 0.25) is 5.02 Å². The lowest BCUT2D eigenvalue weighted by Gasteiger charge is -2.23. The number of likely N-dealkylation sites (tertiary alicyclic amines) is 1. The fourth-order valence-electron chi connectivity index (χ4n) is 2.99. The number of halogens is 1. The van der Waals surface area contributed by atoms with Crippen molar-refractivity contribution in [2.75, 3.05) is 26.8 Å². The third-order valence-electron chi connectivity index (χ3n) is 4.36. The molecule has 1 aromatic carbocycles. The van der Waals surface area contributed by atoms with Crippen molar-refractivity contribution in [3.8, 4) is 11.3 Å². The molecule has 1 aliphatic heterocycles. The van der Waals surface area contributed by atoms with Crippen LogP contribution in [0.1, 0.15) is 17.0 Å². The lowest BCUT2D eigenvalue weighted by molar-refractivity contribution is -0.151. The molecule has 0 saturated carbocycles. The number of carbonyl (C=O) groups is 2. The molecule has 1 unspecified atom stereocenters. The van der Waals surface area contributed by atoms with Gasteiger partial charge in [0.2, 0.25) is 5.76 Å². The van der Waals surface area contributed by atoms with Crippen LogP contribution in [0.15, 0.2) is 34.9 Å². The first-order chi connectivity index (χ1) is 11.9. The summed E-state index contributed by atoms with van der Waals surface area (Å²) in [6.45, 7) is 0.445. The molecular formula is C17H17ClN2O5. The van der Waals surface area contributed by atoms with E-state index < -0.39 is 11.4 Å². The summed E-state index contributed by atoms with van der Waals surface area (Å²) in [4.78, 5) is 25.6. The number of rotatable bonds is 5. The van der Waals surface area contributed by atoms with Gasteiger partial charge in [-0.25, -0.2) is 0 Å². The van der Waals surface area contributed by atoms with Gasteiger partial charge in [0.05, 0.1) is 6.61 Å². The number of methoxy groups -OCH3 is 1. The topological polar surface area (TPSA) is 92.9 Å². The molecule has 132 valence electrons. The van der Waals surface area contributed by atoms with Gasteiger partial charge in [-0.3, -0.25) is 9.59 Å². The highest BCUT2D eigenvalue weighted by molar-refractivity contribution is 6.30. The summed E-state index contributed by atoms with van der Waals surface area (Å²) < 4.78 is 10.2. The maximum atomic E-state index is 12.6. The lowest BCUT2D eigenvalue weighted by atomic mass is 9.88. The Balaban J connectivity index is 1.77. The van der Waals surface area contributed by atoms with Crippen LogP contribution in [0.3, 0.4) is 0 Å². The first-order valence-corrected chi connectivity index (χ1v) is 8.07. The molecule has 2 aromatic rings. The van der Waals surface area contributed by atoms with E-state index in [0.29, 0.717) is 23.7 Å². The SMILES string of the molecule is COCC1(C(=O)O)CCN(C(=O)c2cc(-c3cccc(Cl)c3)no2)C1. The number of hydrogen-bond acceptors (Lipinski definition) is 5. The summed E-state index contributed by atoms with van der Waals surface area (Å²) in [5, 5.41) is 13.9. The molecule has 7 nitrogen and oxygen atoms in total. The predicted molar refractivity (Wildman–Crippen MR) is 89.4 cm³/mol. The van der Waals surface area contributed by atoms with E-state index in [0.717, 1.165) is 5.56 Å². The fraction of sp³-hybridized carbons (Fsp3) is 0.353. The standard InChI is InChI=1S/C17H17ClN2O5/c1-24-10-17(16(22)23)5-6-20(9-17)15(21)14-8-13(19-25-14)11-3-2-4-12(18)7-11/h2-4,7-8H,5-6,9-10H2,1H3,(H,22,23). The molecule has 3 rings (SSSR count). The fourth-order valence-corrected chi connectivity index (χ4v) is 3.18. The highest BCUT2D eigenvalue weighted by Crippen LogP contribution is 2.32. The molecule has 1 saturated heterocycles. The molecule has 0 spiro atoms. The van der Waals surface area contributed by atoms with E-state index in [9.17, 15) is 14.7 Å². The number of hydrogen-bond donors (Lipinski definition) is 1. The molecule has 2 heterocycles. The van der Waals surface area contributed by atoms with Crippen LogP contribution in [0.5, 0.6) is 0 Å². The molecule has 1 aliphatic rings. The van der Waals surface area contributed by atoms with Gasteiger partial charge in [0.25, 0.3) is 5.91 Å². The van der Waals surface area contributed by atoms with E-state index in [1.54, 1.807) is 18.2 Å². The second-order valence-corrected chi connectivity index (χ2v) is 6.52. The Morgan fingerprint density at radius 3 is 2.92 bits per heavy atom. The van der Waals surface area contributed by atoms with Gasteiger partial charge in [-0.15, -0.1) is 0 Å². The molecule has 1 amide bonds. The number of aromatic nitrogens is 1. The molecule has 1 atom stereocenters. The van der Waals surface area contributed by atoms with Crippen molar-refractivity contribution in [1.29, 1.82) is 0 Å². The molecular weight excluding hydrogens is 348 g/mol. The Hall–Kier alpha value is -2.38. The maximum Gasteiger partial charge on any atom is 0.313 e. The van der Waals surface area contributed by atoms with Gasteiger partial charge in [-0.1, -0.05) is 28.9 Å². The monoisotopic (exact) mass is 364 g/mol. The van der Waals surface area contributed by atoms with Crippen LogP contribution in [0.4, 0.5) is 0 Å². The van der Waals surface area contributed by atoms with E-state index in [1.165, 1.54) is 18.1 Å². The summed E-state index contributed by atoms with van der Waals surface area (Å²) >= 11 is 5.96. The molecule has 1 aromatic heterocycles. The van der Waals surface area contributed by atoms with Gasteiger partial charge >= 0.3 is 5.97 Å². The van der Waals surface area contributed by atoms with Crippen molar-refractivity contribution >= 4 is 23.5 Å². The van der Waals surface area contributed by atoms with Crippen molar-refractivity contribution in [2.24, 2.45) is 5.41 Å². The number of amides is 1. The summed E-state index contributed by atoms with van der Waals surface area (Å²) in [6.07, 6.45) is 0.331. The van der Waals surface area contributed by atoms with E-state index in [4.69, 9.17) is 20.9 Å². The maximum absolute atomic E-state index is 12.6. The third kappa shape index (κ3) is 3.38. The van der Waals surface area contributed by atoms with E-state index >= 15 is 0 Å². The van der Waals surface area contributed by atoms with Crippen LogP contribution in [-0.4, -0.2) is 53.8 Å². The van der Waals surface area contributed by atoms with Gasteiger partial charge in [0.1, 0.15) is 11.1 Å². The van der Waals surface area contributed by atoms with E-state index in [1.807, 2.05) is 6.07 Å². The number of aliphatic carboxylic acids is 1. The Labute approximate surface area is 149 Å². The predicted octanol–water partition coefficient (Wildman–Crippen LogP) is 2.56. The molecule has 0 radical (unpaired) electrons. The third-order valence-corrected chi connectivity index (χ3v) is 4.59. The summed E-state index contributed by atoms with van der Waals surface area (Å²) in [5.41, 5.74) is 0.141. The highest BCUT2D eigenvalue weighted by atomic mass is 35.5. The number of carbonyl (C=O) groups excluding carboxylic acids is 1. The number of ether oxygens (including phenoxy) is 1. The molecule has 1 fully saturated rings. The Kier molecular flexibility index (Phi) is 4.78. The second-order valence-electron chi connectivity index (χ2n) is 6.08. The van der Waals surface area contributed by atoms with Gasteiger partial charge in [0.15, 0.2) is 0 Å². The minimum Gasteiger partial charge on any atom is -0.481 e. The lowest BCUT2D eigenvalue weighted by Crippen LogP contribution is -2.40. The number of carboxylic acid groups (broad SMARTS) is 1. The van der Waals surface area contributed by atoms with Crippen LogP contribution in [0, 0.1) is 5.41 Å². The Morgan fingerprint density at radius 1 is 1.44 bits per heavy atom. The van der Waals surface area contributed by atoms with Crippen molar-refractivity contribution in [2.45, 2.75) is 6.42 Å². The smallest absolute Gasteiger partial charge is 0.313 e. The van der Waals surface area contributed by atoms with Crippen molar-refractivity contribution in [1.82, 2.24) is 10.1 Å². The molecule has 25 heavy (non-hydrogen) atoms. The van der Waals surface area contributed by atoms with Gasteiger partial charge in [0, 0.05) is 36.9 Å². The first-order valence-electron chi connectivity index (χ1n) is 7.69. The van der Waals surface area contributed by atoms with Gasteiger partial charge in [-0.2, -0.15) is 0 Å². The van der Waals surface area contributed by atoms with Crippen LogP contribution < -0.4 is 0 Å². The number of benzene rings is 1. The van der Waals surface area contributed by atoms with Gasteiger partial charge < -0.3 is 19.3 Å². The molecule has 1 N–H and O–H groups in total. The average molecular weight is 365 g/mol. The summed E-state index contributed by atoms with van der Waals surface area (Å²) in [6, 6.07) is 8.58. The van der Waals surface area contributed by atoms with E-state index in [-0.39, 0.29) is 24.8 Å². The zero-order valence-corrected chi connectivity index (χ0v) is 14.3. The minimum absolute atomic E-state index is 0.0519. The van der Waals surface area contributed by atoms with Crippen LogP contribution in [0.25, 0.3) is 11.3 Å². The molecule has 0 aliphatic carbocycles. The first kappa shape index (κ1) is 17.4. The summed E-state index contributed by atoms with van der Waals surface area (Å²) in [5.74, 6) is -1.30. The van der Waals surface area contributed by atoms with Crippen molar-refractivity contribution < 1.29 is 24.0 Å². The largest absolute Gasteiger partial charge is 0.481 e. The molecule has 8 heteroatoms. The summed E-state index contributed by atoms with van der Waals surface area (Å²) in [7, 11) is 1.45. The zero-order chi connectivity index (χ0) is 18.0. The van der Waals surface area contributed by atoms with Crippen molar-refractivity contribution in [3.63, 3.8) is 0 Å². The highest BCUT2D eigenvalue weighted by Gasteiger charge is 2.47. The second kappa shape index (κ2) is 6.85. The average Bonchev–Trinajstić information content (AvgIpc) is 3.23. The molecule has 0 bridgehead atoms. The van der Waals surface area contributed by atoms with Crippen LogP contribution in [-0.2, 0) is 9.53 Å².